The average molecular weight is 384 g/mol. The second kappa shape index (κ2) is 7.81. The molecule has 0 spiro atoms. The van der Waals surface area contributed by atoms with Gasteiger partial charge in [-0.25, -0.2) is 9.48 Å². The Kier molecular flexibility index (Phi) is 5.24. The van der Waals surface area contributed by atoms with Gasteiger partial charge in [-0.3, -0.25) is 9.36 Å². The normalized spacial score (nSPS) is 20.5. The topological polar surface area (TPSA) is 69.4 Å². The number of methoxy groups -OCH3 is 1. The predicted octanol–water partition coefficient (Wildman–Crippen LogP) is 2.73. The van der Waals surface area contributed by atoms with Crippen molar-refractivity contribution in [2.45, 2.75) is 50.5 Å². The second-order valence-electron chi connectivity index (χ2n) is 7.86. The number of benzene rings is 1. The quantitative estimate of drug-likeness (QED) is 0.813. The molecule has 4 rings (SSSR count). The molecular formula is C21H28N4O3. The van der Waals surface area contributed by atoms with E-state index in [1.807, 2.05) is 27.7 Å². The number of hydrogen-bond donors (Lipinski definition) is 0. The number of hydrogen-bond acceptors (Lipinski definition) is 4. The van der Waals surface area contributed by atoms with E-state index in [2.05, 4.69) is 5.10 Å². The van der Waals surface area contributed by atoms with Crippen LogP contribution in [0.5, 0.6) is 5.75 Å². The molecule has 150 valence electrons. The zero-order valence-electron chi connectivity index (χ0n) is 16.6. The van der Waals surface area contributed by atoms with E-state index in [0.29, 0.717) is 24.4 Å². The molecule has 1 saturated heterocycles. The summed E-state index contributed by atoms with van der Waals surface area (Å²) < 4.78 is 8.73. The standard InChI is InChI=1S/C21H28N4O3/c1-23-21(27)25(16-9-3-4-10-16)19(22-23)15-8-7-13-24(14-15)20(26)17-11-5-6-12-18(17)28-2/h5-6,11-12,15-16H,3-4,7-10,13-14H2,1-2H3. The number of rotatable bonds is 4. The van der Waals surface area contributed by atoms with Crippen LogP contribution in [0.4, 0.5) is 0 Å². The first kappa shape index (κ1) is 18.8. The summed E-state index contributed by atoms with van der Waals surface area (Å²) in [6, 6.07) is 7.58. The highest BCUT2D eigenvalue weighted by Gasteiger charge is 2.33. The Bertz CT molecular complexity index is 911. The Morgan fingerprint density at radius 2 is 1.89 bits per heavy atom. The van der Waals surface area contributed by atoms with Crippen LogP contribution in [0, 0.1) is 0 Å². The number of nitrogens with zero attached hydrogens (tertiary/aromatic N) is 4. The molecule has 1 amide bonds. The zero-order chi connectivity index (χ0) is 19.7. The summed E-state index contributed by atoms with van der Waals surface area (Å²) in [6.07, 6.45) is 6.24. The largest absolute Gasteiger partial charge is 0.496 e. The van der Waals surface area contributed by atoms with Crippen molar-refractivity contribution in [2.24, 2.45) is 7.05 Å². The average Bonchev–Trinajstić information content (AvgIpc) is 3.36. The number of piperidine rings is 1. The van der Waals surface area contributed by atoms with Crippen molar-refractivity contribution in [3.63, 3.8) is 0 Å². The van der Waals surface area contributed by atoms with Gasteiger partial charge >= 0.3 is 5.69 Å². The van der Waals surface area contributed by atoms with Gasteiger partial charge in [0, 0.05) is 32.1 Å². The first-order valence-corrected chi connectivity index (χ1v) is 10.2. The van der Waals surface area contributed by atoms with Crippen LogP contribution < -0.4 is 10.4 Å². The SMILES string of the molecule is COc1ccccc1C(=O)N1CCCC(c2nn(C)c(=O)n2C2CCCC2)C1. The van der Waals surface area contributed by atoms with Crippen LogP contribution in [0.25, 0.3) is 0 Å². The van der Waals surface area contributed by atoms with E-state index >= 15 is 0 Å². The van der Waals surface area contributed by atoms with Crippen molar-refractivity contribution >= 4 is 5.91 Å². The van der Waals surface area contributed by atoms with Gasteiger partial charge in [0.1, 0.15) is 11.6 Å². The van der Waals surface area contributed by atoms with Crippen LogP contribution in [-0.2, 0) is 7.05 Å². The molecule has 1 unspecified atom stereocenters. The van der Waals surface area contributed by atoms with Crippen LogP contribution in [0.3, 0.4) is 0 Å². The van der Waals surface area contributed by atoms with Gasteiger partial charge in [-0.2, -0.15) is 5.10 Å². The minimum absolute atomic E-state index is 0.0205. The summed E-state index contributed by atoms with van der Waals surface area (Å²) in [4.78, 5) is 27.7. The summed E-state index contributed by atoms with van der Waals surface area (Å²) in [5.41, 5.74) is 0.551. The minimum Gasteiger partial charge on any atom is -0.496 e. The molecule has 0 radical (unpaired) electrons. The van der Waals surface area contributed by atoms with E-state index in [1.54, 1.807) is 20.2 Å². The van der Waals surface area contributed by atoms with Crippen molar-refractivity contribution in [1.29, 1.82) is 0 Å². The van der Waals surface area contributed by atoms with Gasteiger partial charge in [0.05, 0.1) is 12.7 Å². The van der Waals surface area contributed by atoms with Gasteiger partial charge in [0.25, 0.3) is 5.91 Å². The number of amides is 1. The van der Waals surface area contributed by atoms with E-state index in [4.69, 9.17) is 4.74 Å². The van der Waals surface area contributed by atoms with Crippen LogP contribution in [0.2, 0.25) is 0 Å². The van der Waals surface area contributed by atoms with Gasteiger partial charge in [0.2, 0.25) is 0 Å². The van der Waals surface area contributed by atoms with E-state index in [1.165, 1.54) is 4.68 Å². The monoisotopic (exact) mass is 384 g/mol. The molecule has 2 heterocycles. The van der Waals surface area contributed by atoms with E-state index in [-0.39, 0.29) is 23.6 Å². The summed E-state index contributed by atoms with van der Waals surface area (Å²) in [5, 5.41) is 4.58. The summed E-state index contributed by atoms with van der Waals surface area (Å²) in [5.74, 6) is 1.50. The molecule has 1 aliphatic carbocycles. The fourth-order valence-corrected chi connectivity index (χ4v) is 4.65. The molecule has 2 aromatic rings. The Balaban J connectivity index is 1.60. The number of aryl methyl sites for hydroxylation is 1. The molecule has 7 nitrogen and oxygen atoms in total. The van der Waals surface area contributed by atoms with Crippen molar-refractivity contribution in [3.05, 3.63) is 46.1 Å². The lowest BCUT2D eigenvalue weighted by Gasteiger charge is -2.33. The molecule has 1 atom stereocenters. The van der Waals surface area contributed by atoms with Gasteiger partial charge in [-0.1, -0.05) is 25.0 Å². The maximum absolute atomic E-state index is 13.1. The van der Waals surface area contributed by atoms with Crippen molar-refractivity contribution in [2.75, 3.05) is 20.2 Å². The van der Waals surface area contributed by atoms with E-state index in [0.717, 1.165) is 44.3 Å². The third-order valence-corrected chi connectivity index (χ3v) is 6.08. The molecule has 1 aliphatic heterocycles. The summed E-state index contributed by atoms with van der Waals surface area (Å²) in [6.45, 7) is 1.30. The Labute approximate surface area is 164 Å². The molecule has 0 N–H and O–H groups in total. The third kappa shape index (κ3) is 3.34. The first-order chi connectivity index (χ1) is 13.6. The number of ether oxygens (including phenoxy) is 1. The molecule has 2 aliphatic rings. The molecule has 7 heteroatoms. The number of para-hydroxylation sites is 1. The predicted molar refractivity (Wildman–Crippen MR) is 106 cm³/mol. The molecule has 2 fully saturated rings. The van der Waals surface area contributed by atoms with Crippen LogP contribution in [0.1, 0.15) is 66.7 Å². The van der Waals surface area contributed by atoms with Gasteiger partial charge in [-0.05, 0) is 37.8 Å². The van der Waals surface area contributed by atoms with E-state index in [9.17, 15) is 9.59 Å². The van der Waals surface area contributed by atoms with Gasteiger partial charge in [0.15, 0.2) is 0 Å². The Hall–Kier alpha value is -2.57. The Morgan fingerprint density at radius 1 is 1.14 bits per heavy atom. The van der Waals surface area contributed by atoms with Crippen molar-refractivity contribution < 1.29 is 9.53 Å². The first-order valence-electron chi connectivity index (χ1n) is 10.2. The van der Waals surface area contributed by atoms with Gasteiger partial charge < -0.3 is 9.64 Å². The smallest absolute Gasteiger partial charge is 0.345 e. The third-order valence-electron chi connectivity index (χ3n) is 6.08. The lowest BCUT2D eigenvalue weighted by molar-refractivity contribution is 0.0699. The fraction of sp³-hybridized carbons (Fsp3) is 0.571. The lowest BCUT2D eigenvalue weighted by atomic mass is 9.96. The highest BCUT2D eigenvalue weighted by molar-refractivity contribution is 5.97. The second-order valence-corrected chi connectivity index (χ2v) is 7.86. The zero-order valence-corrected chi connectivity index (χ0v) is 16.6. The van der Waals surface area contributed by atoms with Crippen LogP contribution in [0.15, 0.2) is 29.1 Å². The molecular weight excluding hydrogens is 356 g/mol. The van der Waals surface area contributed by atoms with Crippen LogP contribution in [-0.4, -0.2) is 45.4 Å². The Morgan fingerprint density at radius 3 is 2.64 bits per heavy atom. The fourth-order valence-electron chi connectivity index (χ4n) is 4.65. The summed E-state index contributed by atoms with van der Waals surface area (Å²) >= 11 is 0. The number of carbonyl (C=O) groups excluding carboxylic acids is 1. The number of aromatic nitrogens is 3. The van der Waals surface area contributed by atoms with E-state index < -0.39 is 0 Å². The number of carbonyl (C=O) groups is 1. The molecule has 1 aromatic heterocycles. The maximum Gasteiger partial charge on any atom is 0.345 e. The maximum atomic E-state index is 13.1. The number of likely N-dealkylation sites (tertiary alicyclic amines) is 1. The lowest BCUT2D eigenvalue weighted by Crippen LogP contribution is -2.40. The van der Waals surface area contributed by atoms with Gasteiger partial charge in [-0.15, -0.1) is 0 Å². The van der Waals surface area contributed by atoms with Crippen molar-refractivity contribution in [1.82, 2.24) is 19.2 Å². The molecule has 1 saturated carbocycles. The summed E-state index contributed by atoms with van der Waals surface area (Å²) in [7, 11) is 3.30. The minimum atomic E-state index is -0.0323. The van der Waals surface area contributed by atoms with Crippen molar-refractivity contribution in [3.8, 4) is 5.75 Å². The van der Waals surface area contributed by atoms with Crippen LogP contribution >= 0.6 is 0 Å². The molecule has 0 bridgehead atoms. The molecule has 28 heavy (non-hydrogen) atoms. The highest BCUT2D eigenvalue weighted by Crippen LogP contribution is 2.33. The highest BCUT2D eigenvalue weighted by atomic mass is 16.5. The molecule has 1 aromatic carbocycles.